The Hall–Kier alpha value is -3.02. The van der Waals surface area contributed by atoms with Crippen LogP contribution in [0.3, 0.4) is 0 Å². The number of fused-ring (bicyclic) bond motifs is 1. The molecule has 1 atom stereocenters. The van der Waals surface area contributed by atoms with Crippen LogP contribution in [0.5, 0.6) is 0 Å². The maximum absolute atomic E-state index is 12.0. The van der Waals surface area contributed by atoms with E-state index in [-0.39, 0.29) is 11.8 Å². The Morgan fingerprint density at radius 3 is 2.56 bits per heavy atom. The third-order valence-corrected chi connectivity index (χ3v) is 6.77. The van der Waals surface area contributed by atoms with Crippen molar-refractivity contribution in [1.82, 2.24) is 10.6 Å². The normalized spacial score (nSPS) is 19.1. The minimum atomic E-state index is 0.0664. The van der Waals surface area contributed by atoms with E-state index in [4.69, 9.17) is 0 Å². The quantitative estimate of drug-likeness (QED) is 0.471. The van der Waals surface area contributed by atoms with Gasteiger partial charge in [0.2, 0.25) is 5.91 Å². The van der Waals surface area contributed by atoms with E-state index < -0.39 is 0 Å². The summed E-state index contributed by atoms with van der Waals surface area (Å²) in [6.07, 6.45) is 7.16. The molecule has 1 unspecified atom stereocenters. The molecule has 6 heteroatoms. The molecule has 0 aromatic heterocycles. The van der Waals surface area contributed by atoms with Gasteiger partial charge in [-0.2, -0.15) is 0 Å². The summed E-state index contributed by atoms with van der Waals surface area (Å²) < 4.78 is 0. The van der Waals surface area contributed by atoms with Gasteiger partial charge in [0.25, 0.3) is 0 Å². The molecule has 0 bridgehead atoms. The second-order valence-corrected chi connectivity index (χ2v) is 8.91. The summed E-state index contributed by atoms with van der Waals surface area (Å²) in [7, 11) is 4.00. The van der Waals surface area contributed by atoms with Crippen molar-refractivity contribution in [1.29, 1.82) is 0 Å². The first-order valence-electron chi connectivity index (χ1n) is 11.8. The summed E-state index contributed by atoms with van der Waals surface area (Å²) in [6, 6.07) is 17.5. The Labute approximate surface area is 191 Å². The molecular weight excluding hydrogens is 398 g/mol. The molecule has 1 saturated carbocycles. The fourth-order valence-electron chi connectivity index (χ4n) is 4.84. The monoisotopic (exact) mass is 433 g/mol. The highest BCUT2D eigenvalue weighted by atomic mass is 16.1. The van der Waals surface area contributed by atoms with Crippen LogP contribution in [-0.4, -0.2) is 38.5 Å². The smallest absolute Gasteiger partial charge is 0.225 e. The lowest BCUT2D eigenvalue weighted by molar-refractivity contribution is -0.116. The first-order valence-corrected chi connectivity index (χ1v) is 11.8. The van der Waals surface area contributed by atoms with Gasteiger partial charge in [-0.25, -0.2) is 0 Å². The van der Waals surface area contributed by atoms with E-state index in [1.54, 1.807) is 7.05 Å². The summed E-state index contributed by atoms with van der Waals surface area (Å²) in [6.45, 7) is 1.37. The van der Waals surface area contributed by atoms with E-state index in [9.17, 15) is 4.79 Å². The van der Waals surface area contributed by atoms with Crippen molar-refractivity contribution in [2.45, 2.75) is 57.0 Å². The van der Waals surface area contributed by atoms with Crippen LogP contribution in [0.15, 0.2) is 53.5 Å². The molecule has 1 aliphatic heterocycles. The zero-order chi connectivity index (χ0) is 22.3. The highest BCUT2D eigenvalue weighted by molar-refractivity contribution is 5.94. The van der Waals surface area contributed by atoms with E-state index in [0.717, 1.165) is 11.6 Å². The third kappa shape index (κ3) is 5.42. The topological polar surface area (TPSA) is 68.8 Å². The van der Waals surface area contributed by atoms with Gasteiger partial charge in [0.1, 0.15) is 0 Å². The number of aliphatic imine (C=N–C) groups is 1. The number of para-hydroxylation sites is 1. The lowest BCUT2D eigenvalue weighted by Gasteiger charge is -2.33. The second-order valence-electron chi connectivity index (χ2n) is 8.91. The molecule has 0 saturated heterocycles. The summed E-state index contributed by atoms with van der Waals surface area (Å²) >= 11 is 0. The summed E-state index contributed by atoms with van der Waals surface area (Å²) in [5.74, 6) is 0.946. The molecule has 2 aromatic rings. The Kier molecular flexibility index (Phi) is 7.30. The number of benzene rings is 2. The predicted octanol–water partition coefficient (Wildman–Crippen LogP) is 4.25. The van der Waals surface area contributed by atoms with Crippen LogP contribution >= 0.6 is 0 Å². The lowest BCUT2D eigenvalue weighted by atomic mass is 9.90. The highest BCUT2D eigenvalue weighted by Crippen LogP contribution is 2.31. The van der Waals surface area contributed by atoms with Gasteiger partial charge in [0.05, 0.1) is 0 Å². The molecule has 1 heterocycles. The predicted molar refractivity (Wildman–Crippen MR) is 132 cm³/mol. The molecule has 170 valence electrons. The lowest BCUT2D eigenvalue weighted by Crippen LogP contribution is -2.40. The van der Waals surface area contributed by atoms with Crippen LogP contribution in [0.25, 0.3) is 0 Å². The van der Waals surface area contributed by atoms with Gasteiger partial charge in [-0.3, -0.25) is 9.79 Å². The van der Waals surface area contributed by atoms with E-state index in [1.165, 1.54) is 48.9 Å². The SMILES string of the molecule is CN=C(NCc1ccc(N(C)C2CCCCC2)cc1)NCC1CC(=O)Nc2ccccc21. The standard InChI is InChI=1S/C26H35N5O/c1-27-26(29-18-20-16-25(32)30-24-11-7-6-10-23(20)24)28-17-19-12-14-22(15-13-19)31(2)21-8-4-3-5-9-21/h6-7,10-15,20-21H,3-5,8-9,16-18H2,1-2H3,(H,30,32)(H2,27,28,29). The first kappa shape index (κ1) is 22.2. The minimum Gasteiger partial charge on any atom is -0.372 e. The van der Waals surface area contributed by atoms with Crippen LogP contribution in [0.1, 0.15) is 55.6 Å². The molecule has 2 aromatic carbocycles. The van der Waals surface area contributed by atoms with Crippen molar-refractivity contribution in [2.75, 3.05) is 30.9 Å². The number of carbonyl (C=O) groups is 1. The number of guanidine groups is 1. The van der Waals surface area contributed by atoms with E-state index in [0.29, 0.717) is 25.6 Å². The molecule has 4 rings (SSSR count). The Balaban J connectivity index is 1.29. The molecular formula is C26H35N5O. The fourth-order valence-corrected chi connectivity index (χ4v) is 4.84. The number of nitrogens with one attached hydrogen (secondary N) is 3. The van der Waals surface area contributed by atoms with Crippen molar-refractivity contribution in [3.63, 3.8) is 0 Å². The molecule has 32 heavy (non-hydrogen) atoms. The van der Waals surface area contributed by atoms with Gasteiger partial charge in [-0.1, -0.05) is 49.6 Å². The maximum atomic E-state index is 12.0. The van der Waals surface area contributed by atoms with Gasteiger partial charge < -0.3 is 20.9 Å². The number of nitrogens with zero attached hydrogens (tertiary/aromatic N) is 2. The van der Waals surface area contributed by atoms with Gasteiger partial charge in [-0.15, -0.1) is 0 Å². The van der Waals surface area contributed by atoms with Gasteiger partial charge in [-0.05, 0) is 42.2 Å². The van der Waals surface area contributed by atoms with Crippen LogP contribution < -0.4 is 20.9 Å². The average Bonchev–Trinajstić information content (AvgIpc) is 2.84. The van der Waals surface area contributed by atoms with Crippen molar-refractivity contribution in [2.24, 2.45) is 4.99 Å². The van der Waals surface area contributed by atoms with Gasteiger partial charge >= 0.3 is 0 Å². The van der Waals surface area contributed by atoms with Gasteiger partial charge in [0.15, 0.2) is 5.96 Å². The summed E-state index contributed by atoms with van der Waals surface area (Å²) in [4.78, 5) is 18.8. The molecule has 1 fully saturated rings. The largest absolute Gasteiger partial charge is 0.372 e. The third-order valence-electron chi connectivity index (χ3n) is 6.77. The molecule has 6 nitrogen and oxygen atoms in total. The number of anilines is 2. The molecule has 1 aliphatic carbocycles. The van der Waals surface area contributed by atoms with E-state index in [1.807, 2.05) is 18.2 Å². The fraction of sp³-hybridized carbons (Fsp3) is 0.462. The molecule has 1 amide bonds. The van der Waals surface area contributed by atoms with E-state index in [2.05, 4.69) is 63.2 Å². The Bertz CT molecular complexity index is 933. The Morgan fingerprint density at radius 1 is 1.06 bits per heavy atom. The number of carbonyl (C=O) groups excluding carboxylic acids is 1. The molecule has 0 spiro atoms. The zero-order valence-corrected chi connectivity index (χ0v) is 19.2. The Morgan fingerprint density at radius 2 is 1.81 bits per heavy atom. The van der Waals surface area contributed by atoms with Crippen LogP contribution in [0.4, 0.5) is 11.4 Å². The average molecular weight is 434 g/mol. The molecule has 3 N–H and O–H groups in total. The van der Waals surface area contributed by atoms with Crippen LogP contribution in [0.2, 0.25) is 0 Å². The minimum absolute atomic E-state index is 0.0664. The maximum Gasteiger partial charge on any atom is 0.225 e. The van der Waals surface area contributed by atoms with Crippen molar-refractivity contribution < 1.29 is 4.79 Å². The van der Waals surface area contributed by atoms with Gasteiger partial charge in [0, 0.05) is 56.9 Å². The molecule has 2 aliphatic rings. The number of hydrogen-bond acceptors (Lipinski definition) is 3. The van der Waals surface area contributed by atoms with E-state index >= 15 is 0 Å². The number of amides is 1. The molecule has 0 radical (unpaired) electrons. The van der Waals surface area contributed by atoms with Crippen molar-refractivity contribution in [3.8, 4) is 0 Å². The summed E-state index contributed by atoms with van der Waals surface area (Å²) in [5, 5.41) is 9.75. The number of hydrogen-bond donors (Lipinski definition) is 3. The number of rotatable bonds is 6. The highest BCUT2D eigenvalue weighted by Gasteiger charge is 2.24. The van der Waals surface area contributed by atoms with Crippen LogP contribution in [0, 0.1) is 0 Å². The first-order chi connectivity index (χ1) is 15.6. The second kappa shape index (κ2) is 10.5. The van der Waals surface area contributed by atoms with Crippen molar-refractivity contribution in [3.05, 3.63) is 59.7 Å². The van der Waals surface area contributed by atoms with Crippen molar-refractivity contribution >= 4 is 23.2 Å². The summed E-state index contributed by atoms with van der Waals surface area (Å²) in [5.41, 5.74) is 4.60. The zero-order valence-electron chi connectivity index (χ0n) is 19.2. The van der Waals surface area contributed by atoms with Crippen LogP contribution in [-0.2, 0) is 11.3 Å².